The number of nitrogens with zero attached hydrogens (tertiary/aromatic N) is 5. The van der Waals surface area contributed by atoms with Crippen LogP contribution in [0.3, 0.4) is 0 Å². The third-order valence-electron chi connectivity index (χ3n) is 6.99. The van der Waals surface area contributed by atoms with Crippen molar-refractivity contribution in [3.63, 3.8) is 0 Å². The van der Waals surface area contributed by atoms with Crippen LogP contribution in [0.1, 0.15) is 43.7 Å². The molecule has 10 heteroatoms. The molecule has 0 aliphatic carbocycles. The first-order valence-electron chi connectivity index (χ1n) is 13.4. The van der Waals surface area contributed by atoms with Gasteiger partial charge >= 0.3 is 5.97 Å². The minimum atomic E-state index is -0.217. The van der Waals surface area contributed by atoms with Crippen molar-refractivity contribution >= 4 is 57.3 Å². The summed E-state index contributed by atoms with van der Waals surface area (Å²) in [4.78, 5) is 31.6. The molecule has 4 aromatic rings. The van der Waals surface area contributed by atoms with Crippen LogP contribution in [0.5, 0.6) is 0 Å². The number of carbonyl (C=O) groups is 2. The molecule has 0 saturated carbocycles. The molecule has 1 saturated heterocycles. The van der Waals surface area contributed by atoms with Gasteiger partial charge in [-0.25, -0.2) is 4.98 Å². The lowest BCUT2D eigenvalue weighted by molar-refractivity contribution is -0.151. The number of hydrogen-bond acceptors (Lipinski definition) is 7. The lowest BCUT2D eigenvalue weighted by atomic mass is 9.98. The van der Waals surface area contributed by atoms with Gasteiger partial charge in [0.05, 0.1) is 18.0 Å². The van der Waals surface area contributed by atoms with E-state index in [4.69, 9.17) is 21.3 Å². The number of rotatable bonds is 9. The topological polar surface area (TPSA) is 90.2 Å². The number of ether oxygens (including phenoxy) is 1. The zero-order chi connectivity index (χ0) is 27.4. The van der Waals surface area contributed by atoms with Gasteiger partial charge in [0.15, 0.2) is 5.65 Å². The predicted octanol–water partition coefficient (Wildman–Crippen LogP) is 5.66. The summed E-state index contributed by atoms with van der Waals surface area (Å²) in [5.41, 5.74) is 4.83. The van der Waals surface area contributed by atoms with Crippen molar-refractivity contribution in [3.8, 4) is 0 Å². The zero-order valence-electron chi connectivity index (χ0n) is 22.2. The second kappa shape index (κ2) is 12.3. The van der Waals surface area contributed by atoms with Crippen molar-refractivity contribution in [2.45, 2.75) is 51.2 Å². The lowest BCUT2D eigenvalue weighted by Crippen LogP contribution is -2.42. The summed E-state index contributed by atoms with van der Waals surface area (Å²) < 4.78 is 7.31. The normalized spacial score (nSPS) is 15.7. The van der Waals surface area contributed by atoms with Crippen LogP contribution in [0.4, 0.5) is 0 Å². The van der Waals surface area contributed by atoms with Gasteiger partial charge in [0.25, 0.3) is 0 Å². The van der Waals surface area contributed by atoms with Gasteiger partial charge in [0.1, 0.15) is 5.52 Å². The van der Waals surface area contributed by atoms with Crippen LogP contribution in [0, 0.1) is 12.8 Å². The van der Waals surface area contributed by atoms with Gasteiger partial charge in [-0.05, 0) is 62.9 Å². The summed E-state index contributed by atoms with van der Waals surface area (Å²) in [6.45, 7) is 5.99. The van der Waals surface area contributed by atoms with E-state index < -0.39 is 0 Å². The summed E-state index contributed by atoms with van der Waals surface area (Å²) in [6, 6.07) is 14.1. The maximum Gasteiger partial charge on any atom is 0.310 e. The number of likely N-dealkylation sites (tertiary alicyclic amines) is 1. The van der Waals surface area contributed by atoms with E-state index in [1.54, 1.807) is 11.8 Å². The molecule has 8 nitrogen and oxygen atoms in total. The summed E-state index contributed by atoms with van der Waals surface area (Å²) in [5.74, 6) is 0.358. The van der Waals surface area contributed by atoms with Gasteiger partial charge in [-0.3, -0.25) is 9.59 Å². The molecule has 1 amide bonds. The minimum Gasteiger partial charge on any atom is -0.466 e. The molecule has 5 rings (SSSR count). The highest BCUT2D eigenvalue weighted by molar-refractivity contribution is 7.99. The molecule has 2 aromatic heterocycles. The Bertz CT molecular complexity index is 1510. The highest BCUT2D eigenvalue weighted by Crippen LogP contribution is 2.29. The fourth-order valence-electron chi connectivity index (χ4n) is 5.10. The number of piperidine rings is 1. The number of thioether (sulfide) groups is 1. The summed E-state index contributed by atoms with van der Waals surface area (Å²) in [7, 11) is 0. The average Bonchev–Trinajstić information content (AvgIpc) is 3.23. The molecule has 0 radical (unpaired) electrons. The molecule has 204 valence electrons. The molecule has 39 heavy (non-hydrogen) atoms. The molecule has 1 fully saturated rings. The average molecular weight is 566 g/mol. The third kappa shape index (κ3) is 6.36. The Hall–Kier alpha value is -3.17. The highest BCUT2D eigenvalue weighted by atomic mass is 35.5. The van der Waals surface area contributed by atoms with E-state index in [2.05, 4.69) is 46.0 Å². The van der Waals surface area contributed by atoms with E-state index in [0.717, 1.165) is 46.0 Å². The Morgan fingerprint density at radius 3 is 2.87 bits per heavy atom. The maximum absolute atomic E-state index is 12.8. The Labute approximate surface area is 237 Å². The molecule has 0 spiro atoms. The summed E-state index contributed by atoms with van der Waals surface area (Å²) >= 11 is 7.75. The largest absolute Gasteiger partial charge is 0.466 e. The second-order valence-corrected chi connectivity index (χ2v) is 11.4. The number of halogens is 1. The fourth-order valence-corrected chi connectivity index (χ4v) is 6.03. The van der Waals surface area contributed by atoms with Gasteiger partial charge in [0, 0.05) is 42.2 Å². The maximum atomic E-state index is 12.8. The molecule has 3 heterocycles. The number of benzene rings is 2. The molecular formula is C29H32ClN5O3S. The van der Waals surface area contributed by atoms with Crippen molar-refractivity contribution in [1.82, 2.24) is 24.6 Å². The first-order chi connectivity index (χ1) is 18.9. The Balaban J connectivity index is 1.26. The van der Waals surface area contributed by atoms with Crippen LogP contribution in [0.25, 0.3) is 22.1 Å². The van der Waals surface area contributed by atoms with Gasteiger partial charge in [-0.1, -0.05) is 47.1 Å². The molecule has 1 aliphatic rings. The number of hydrogen-bond donors (Lipinski definition) is 0. The van der Waals surface area contributed by atoms with Gasteiger partial charge in [0.2, 0.25) is 11.1 Å². The van der Waals surface area contributed by atoms with E-state index in [0.29, 0.717) is 55.0 Å². The van der Waals surface area contributed by atoms with E-state index in [-0.39, 0.29) is 17.8 Å². The predicted molar refractivity (Wildman–Crippen MR) is 154 cm³/mol. The third-order valence-corrected chi connectivity index (χ3v) is 8.15. The summed E-state index contributed by atoms with van der Waals surface area (Å²) in [5, 5.41) is 11.3. The Morgan fingerprint density at radius 1 is 1.18 bits per heavy atom. The standard InChI is InChI=1S/C29H32ClN5O3S/c1-3-38-28(37)21-8-5-13-34(18-21)25(36)10-6-14-39-29-31-27-26(32-33-29)23-15-19(2)11-12-24(23)35(27)17-20-7-4-9-22(30)16-20/h4,7,9,11-12,15-16,21H,3,5-6,8,10,13-14,17-18H2,1-2H3. The Kier molecular flexibility index (Phi) is 8.67. The molecule has 1 aliphatic heterocycles. The SMILES string of the molecule is CCOC(=O)C1CCCN(C(=O)CCCSc2nnc3c4cc(C)ccc4n(Cc4cccc(Cl)c4)c3n2)C1. The number of carbonyl (C=O) groups excluding carboxylic acids is 2. The van der Waals surface area contributed by atoms with E-state index in [9.17, 15) is 9.59 Å². The van der Waals surface area contributed by atoms with Crippen LogP contribution >= 0.6 is 23.4 Å². The first-order valence-corrected chi connectivity index (χ1v) is 14.7. The quantitative estimate of drug-likeness (QED) is 0.147. The number of aromatic nitrogens is 4. The molecule has 0 N–H and O–H groups in total. The lowest BCUT2D eigenvalue weighted by Gasteiger charge is -2.31. The van der Waals surface area contributed by atoms with Crippen LogP contribution < -0.4 is 0 Å². The monoisotopic (exact) mass is 565 g/mol. The highest BCUT2D eigenvalue weighted by Gasteiger charge is 2.29. The molecule has 1 unspecified atom stereocenters. The van der Waals surface area contributed by atoms with Gasteiger partial charge in [-0.15, -0.1) is 10.2 Å². The number of aryl methyl sites for hydroxylation is 1. The van der Waals surface area contributed by atoms with Crippen molar-refractivity contribution in [3.05, 3.63) is 58.6 Å². The smallest absolute Gasteiger partial charge is 0.310 e. The van der Waals surface area contributed by atoms with Crippen LogP contribution in [-0.4, -0.2) is 62.0 Å². The van der Waals surface area contributed by atoms with E-state index in [1.807, 2.05) is 18.2 Å². The van der Waals surface area contributed by atoms with Crippen molar-refractivity contribution in [2.75, 3.05) is 25.4 Å². The van der Waals surface area contributed by atoms with Crippen molar-refractivity contribution < 1.29 is 14.3 Å². The van der Waals surface area contributed by atoms with Gasteiger partial charge < -0.3 is 14.2 Å². The first kappa shape index (κ1) is 27.4. The molecule has 1 atom stereocenters. The molecule has 2 aromatic carbocycles. The van der Waals surface area contributed by atoms with Crippen molar-refractivity contribution in [2.24, 2.45) is 5.92 Å². The van der Waals surface area contributed by atoms with Crippen molar-refractivity contribution in [1.29, 1.82) is 0 Å². The van der Waals surface area contributed by atoms with Gasteiger partial charge in [-0.2, -0.15) is 0 Å². The van der Waals surface area contributed by atoms with Crippen LogP contribution in [0.2, 0.25) is 5.02 Å². The van der Waals surface area contributed by atoms with Crippen LogP contribution in [-0.2, 0) is 20.9 Å². The molecule has 0 bridgehead atoms. The minimum absolute atomic E-state index is 0.0797. The number of fused-ring (bicyclic) bond motifs is 3. The van der Waals surface area contributed by atoms with E-state index in [1.165, 1.54) is 11.8 Å². The van der Waals surface area contributed by atoms with E-state index >= 15 is 0 Å². The number of esters is 1. The fraction of sp³-hybridized carbons (Fsp3) is 0.414. The number of amides is 1. The van der Waals surface area contributed by atoms with Crippen LogP contribution in [0.15, 0.2) is 47.6 Å². The Morgan fingerprint density at radius 2 is 2.05 bits per heavy atom. The summed E-state index contributed by atoms with van der Waals surface area (Å²) in [6.07, 6.45) is 2.72. The molecular weight excluding hydrogens is 534 g/mol. The zero-order valence-corrected chi connectivity index (χ0v) is 23.8. The second-order valence-electron chi connectivity index (χ2n) is 9.89.